The van der Waals surface area contributed by atoms with Gasteiger partial charge in [0.15, 0.2) is 0 Å². The number of carbonyl (C=O) groups is 1. The van der Waals surface area contributed by atoms with Crippen LogP contribution in [0.15, 0.2) is 24.3 Å². The minimum absolute atomic E-state index is 0.349. The molecule has 0 aliphatic heterocycles. The normalized spacial score (nSPS) is 11.2. The summed E-state index contributed by atoms with van der Waals surface area (Å²) in [5, 5.41) is 0. The molecule has 1 rings (SSSR count). The molecule has 0 N–H and O–H groups in total. The Balaban J connectivity index is 2.75. The molecule has 16 heavy (non-hydrogen) atoms. The summed E-state index contributed by atoms with van der Waals surface area (Å²) in [6.45, 7) is 1.36. The fourth-order valence-corrected chi connectivity index (χ4v) is 2.64. The molecule has 0 heterocycles. The molecule has 0 saturated carbocycles. The lowest BCUT2D eigenvalue weighted by atomic mass is 10.1. The Morgan fingerprint density at radius 1 is 1.31 bits per heavy atom. The first-order chi connectivity index (χ1) is 7.38. The minimum Gasteiger partial charge on any atom is -0.426 e. The molecule has 0 bridgehead atoms. The third-order valence-electron chi connectivity index (χ3n) is 1.90. The summed E-state index contributed by atoms with van der Waals surface area (Å²) in [5.41, 5.74) is 0.886. The highest BCUT2D eigenvalue weighted by molar-refractivity contribution is 7.64. The number of para-hydroxylation sites is 1. The van der Waals surface area contributed by atoms with Crippen molar-refractivity contribution in [2.45, 2.75) is 19.4 Å². The summed E-state index contributed by atoms with van der Waals surface area (Å²) < 4.78 is 5.06. The van der Waals surface area contributed by atoms with Crippen molar-refractivity contribution in [3.05, 3.63) is 29.8 Å². The van der Waals surface area contributed by atoms with E-state index < -0.39 is 6.00 Å². The van der Waals surface area contributed by atoms with Crippen molar-refractivity contribution in [3.63, 3.8) is 0 Å². The van der Waals surface area contributed by atoms with Gasteiger partial charge in [-0.3, -0.25) is 4.79 Å². The van der Waals surface area contributed by atoms with Crippen molar-refractivity contribution in [1.29, 1.82) is 0 Å². The van der Waals surface area contributed by atoms with Gasteiger partial charge in [0.2, 0.25) is 0 Å². The molecule has 0 atom stereocenters. The van der Waals surface area contributed by atoms with E-state index >= 15 is 0 Å². The van der Waals surface area contributed by atoms with Crippen molar-refractivity contribution in [1.82, 2.24) is 0 Å². The smallest absolute Gasteiger partial charge is 0.341 e. The Labute approximate surface area is 110 Å². The summed E-state index contributed by atoms with van der Waals surface area (Å²) in [4.78, 5) is 10.9. The molecular formula is C10H11Cl3O2Si. The van der Waals surface area contributed by atoms with Crippen LogP contribution >= 0.6 is 33.2 Å². The maximum atomic E-state index is 10.9. The standard InChI is InChI=1S/C10H11Cl3O2Si/c1-8(14)15-10-5-3-2-4-9(10)6-7-16(11,12)13/h2-5H,6-7H2,1H3. The van der Waals surface area contributed by atoms with Gasteiger partial charge in [0.1, 0.15) is 5.75 Å². The van der Waals surface area contributed by atoms with Crippen LogP contribution in [0.5, 0.6) is 5.75 Å². The largest absolute Gasteiger partial charge is 0.426 e. The molecule has 1 aromatic carbocycles. The van der Waals surface area contributed by atoms with Gasteiger partial charge in [-0.2, -0.15) is 0 Å². The predicted molar refractivity (Wildman–Crippen MR) is 69.6 cm³/mol. The quantitative estimate of drug-likeness (QED) is 0.366. The van der Waals surface area contributed by atoms with Gasteiger partial charge < -0.3 is 4.74 Å². The number of hydrogen-bond donors (Lipinski definition) is 0. The number of rotatable bonds is 4. The highest BCUT2D eigenvalue weighted by atomic mass is 35.8. The zero-order valence-corrected chi connectivity index (χ0v) is 11.9. The van der Waals surface area contributed by atoms with Crippen molar-refractivity contribution >= 4 is 45.2 Å². The van der Waals surface area contributed by atoms with Gasteiger partial charge in [-0.05, 0) is 24.1 Å². The van der Waals surface area contributed by atoms with Crippen LogP contribution in [0.3, 0.4) is 0 Å². The maximum absolute atomic E-state index is 10.9. The molecule has 0 aliphatic carbocycles. The molecule has 0 unspecified atom stereocenters. The van der Waals surface area contributed by atoms with Gasteiger partial charge in [0, 0.05) is 6.92 Å². The molecule has 0 aliphatic rings. The van der Waals surface area contributed by atoms with Gasteiger partial charge >= 0.3 is 12.0 Å². The Hall–Kier alpha value is -0.223. The van der Waals surface area contributed by atoms with Crippen molar-refractivity contribution < 1.29 is 9.53 Å². The maximum Gasteiger partial charge on any atom is 0.341 e. The monoisotopic (exact) mass is 296 g/mol. The molecule has 0 aromatic heterocycles. The van der Waals surface area contributed by atoms with Gasteiger partial charge in [-0.15, -0.1) is 33.2 Å². The van der Waals surface area contributed by atoms with Crippen LogP contribution in [0.2, 0.25) is 6.04 Å². The predicted octanol–water partition coefficient (Wildman–Crippen LogP) is 3.81. The van der Waals surface area contributed by atoms with Crippen LogP contribution in [0.1, 0.15) is 12.5 Å². The first-order valence-electron chi connectivity index (χ1n) is 4.71. The van der Waals surface area contributed by atoms with E-state index in [1.807, 2.05) is 12.1 Å². The number of halogens is 3. The molecular weight excluding hydrogens is 287 g/mol. The van der Waals surface area contributed by atoms with E-state index in [9.17, 15) is 4.79 Å². The van der Waals surface area contributed by atoms with E-state index in [2.05, 4.69) is 0 Å². The van der Waals surface area contributed by atoms with E-state index in [0.29, 0.717) is 18.2 Å². The molecule has 0 radical (unpaired) electrons. The minimum atomic E-state index is -2.63. The van der Waals surface area contributed by atoms with E-state index in [4.69, 9.17) is 38.0 Å². The van der Waals surface area contributed by atoms with Gasteiger partial charge in [-0.1, -0.05) is 18.2 Å². The summed E-state index contributed by atoms with van der Waals surface area (Å²) in [5.74, 6) is 0.192. The lowest BCUT2D eigenvalue weighted by Crippen LogP contribution is -2.11. The number of ether oxygens (including phenoxy) is 1. The second kappa shape index (κ2) is 5.91. The highest BCUT2D eigenvalue weighted by Crippen LogP contribution is 2.29. The Kier molecular flexibility index (Phi) is 5.12. The highest BCUT2D eigenvalue weighted by Gasteiger charge is 2.24. The number of benzene rings is 1. The topological polar surface area (TPSA) is 26.3 Å². The van der Waals surface area contributed by atoms with Crippen LogP contribution in [0.25, 0.3) is 0 Å². The zero-order chi connectivity index (χ0) is 12.2. The fraction of sp³-hybridized carbons (Fsp3) is 0.300. The summed E-state index contributed by atoms with van der Waals surface area (Å²) >= 11 is 17.4. The van der Waals surface area contributed by atoms with E-state index in [1.54, 1.807) is 12.1 Å². The van der Waals surface area contributed by atoms with Crippen molar-refractivity contribution in [2.75, 3.05) is 0 Å². The number of hydrogen-bond acceptors (Lipinski definition) is 2. The fourth-order valence-electron chi connectivity index (χ4n) is 1.24. The third kappa shape index (κ3) is 5.21. The Bertz CT molecular complexity index is 377. The Morgan fingerprint density at radius 2 is 1.94 bits per heavy atom. The van der Waals surface area contributed by atoms with E-state index in [-0.39, 0.29) is 5.97 Å². The second-order valence-corrected chi connectivity index (χ2v) is 12.6. The zero-order valence-electron chi connectivity index (χ0n) is 8.67. The van der Waals surface area contributed by atoms with Crippen molar-refractivity contribution in [2.24, 2.45) is 0 Å². The van der Waals surface area contributed by atoms with Crippen molar-refractivity contribution in [3.8, 4) is 5.75 Å². The molecule has 2 nitrogen and oxygen atoms in total. The molecule has 0 saturated heterocycles. The van der Waals surface area contributed by atoms with E-state index in [0.717, 1.165) is 5.56 Å². The van der Waals surface area contributed by atoms with Crippen LogP contribution in [-0.2, 0) is 11.2 Å². The SMILES string of the molecule is CC(=O)Oc1ccccc1CC[Si](Cl)(Cl)Cl. The number of carbonyl (C=O) groups excluding carboxylic acids is 1. The first kappa shape index (κ1) is 13.8. The van der Waals surface area contributed by atoms with Gasteiger partial charge in [0.05, 0.1) is 0 Å². The molecule has 1 aromatic rings. The lowest BCUT2D eigenvalue weighted by Gasteiger charge is -2.10. The summed E-state index contributed by atoms with van der Waals surface area (Å²) in [7, 11) is 0. The lowest BCUT2D eigenvalue weighted by molar-refractivity contribution is -0.131. The van der Waals surface area contributed by atoms with Gasteiger partial charge in [-0.25, -0.2) is 0 Å². The molecule has 6 heteroatoms. The average Bonchev–Trinajstić information content (AvgIpc) is 2.14. The summed E-state index contributed by atoms with van der Waals surface area (Å²) in [6.07, 6.45) is 0.603. The second-order valence-electron chi connectivity index (χ2n) is 3.32. The Morgan fingerprint density at radius 3 is 2.50 bits per heavy atom. The summed E-state index contributed by atoms with van der Waals surface area (Å²) in [6, 6.07) is 5.14. The molecule has 0 amide bonds. The molecule has 88 valence electrons. The average molecular weight is 298 g/mol. The molecule has 0 fully saturated rings. The van der Waals surface area contributed by atoms with Crippen LogP contribution < -0.4 is 4.74 Å². The van der Waals surface area contributed by atoms with Crippen LogP contribution in [0, 0.1) is 0 Å². The van der Waals surface area contributed by atoms with Crippen LogP contribution in [0.4, 0.5) is 0 Å². The van der Waals surface area contributed by atoms with Gasteiger partial charge in [0.25, 0.3) is 0 Å². The number of aryl methyl sites for hydroxylation is 1. The first-order valence-corrected chi connectivity index (χ1v) is 9.96. The van der Waals surface area contributed by atoms with Crippen LogP contribution in [-0.4, -0.2) is 12.0 Å². The third-order valence-corrected chi connectivity index (χ3v) is 4.42. The number of esters is 1. The van der Waals surface area contributed by atoms with E-state index in [1.165, 1.54) is 6.92 Å². The molecule has 0 spiro atoms.